The summed E-state index contributed by atoms with van der Waals surface area (Å²) in [5.41, 5.74) is 0.496. The fourth-order valence-electron chi connectivity index (χ4n) is 2.99. The molecule has 1 atom stereocenters. The molecule has 2 fully saturated rings. The van der Waals surface area contributed by atoms with Gasteiger partial charge in [0.25, 0.3) is 0 Å². The lowest BCUT2D eigenvalue weighted by Gasteiger charge is -2.34. The number of hydrogen-bond donors (Lipinski definition) is 1. The first-order valence-corrected chi connectivity index (χ1v) is 7.95. The van der Waals surface area contributed by atoms with Crippen molar-refractivity contribution < 1.29 is 14.0 Å². The zero-order chi connectivity index (χ0) is 15.5. The summed E-state index contributed by atoms with van der Waals surface area (Å²) in [6, 6.07) is 6.77. The Bertz CT molecular complexity index is 572. The molecule has 5 heteroatoms. The molecule has 2 aliphatic rings. The van der Waals surface area contributed by atoms with E-state index in [4.69, 9.17) is 0 Å². The van der Waals surface area contributed by atoms with E-state index < -0.39 is 0 Å². The molecule has 118 valence electrons. The first-order chi connectivity index (χ1) is 10.6. The van der Waals surface area contributed by atoms with Crippen molar-refractivity contribution in [3.05, 3.63) is 35.6 Å². The number of piperidine rings is 1. The Morgan fingerprint density at radius 2 is 2.05 bits per heavy atom. The second kappa shape index (κ2) is 6.46. The number of hydrogen-bond acceptors (Lipinski definition) is 2. The van der Waals surface area contributed by atoms with Crippen molar-refractivity contribution in [2.45, 2.75) is 44.7 Å². The van der Waals surface area contributed by atoms with Crippen LogP contribution in [0.5, 0.6) is 0 Å². The average Bonchev–Trinajstić information content (AvgIpc) is 2.47. The van der Waals surface area contributed by atoms with Gasteiger partial charge in [0, 0.05) is 31.1 Å². The maximum absolute atomic E-state index is 13.7. The molecule has 1 aromatic carbocycles. The number of nitrogens with zero attached hydrogens (tertiary/aromatic N) is 1. The summed E-state index contributed by atoms with van der Waals surface area (Å²) in [6.07, 6.45) is 4.22. The van der Waals surface area contributed by atoms with Crippen LogP contribution < -0.4 is 5.32 Å². The molecule has 0 bridgehead atoms. The fourth-order valence-corrected chi connectivity index (χ4v) is 2.99. The van der Waals surface area contributed by atoms with Crippen LogP contribution in [0.25, 0.3) is 0 Å². The molecule has 0 unspecified atom stereocenters. The number of carbonyl (C=O) groups is 2. The van der Waals surface area contributed by atoms with Crippen molar-refractivity contribution in [1.29, 1.82) is 0 Å². The van der Waals surface area contributed by atoms with Crippen molar-refractivity contribution in [1.82, 2.24) is 10.2 Å². The van der Waals surface area contributed by atoms with Gasteiger partial charge in [0.1, 0.15) is 5.82 Å². The predicted octanol–water partition coefficient (Wildman–Crippen LogP) is 2.23. The van der Waals surface area contributed by atoms with Gasteiger partial charge in [0.2, 0.25) is 11.8 Å². The smallest absolute Gasteiger partial charge is 0.225 e. The molecule has 22 heavy (non-hydrogen) atoms. The van der Waals surface area contributed by atoms with E-state index in [1.807, 2.05) is 0 Å². The lowest BCUT2D eigenvalue weighted by atomic mass is 9.91. The molecule has 3 rings (SSSR count). The molecule has 1 aliphatic heterocycles. The van der Waals surface area contributed by atoms with E-state index in [0.717, 1.165) is 12.8 Å². The Balaban J connectivity index is 1.62. The van der Waals surface area contributed by atoms with Crippen LogP contribution in [0.2, 0.25) is 0 Å². The Morgan fingerprint density at radius 3 is 2.73 bits per heavy atom. The number of rotatable bonds is 4. The normalized spacial score (nSPS) is 22.3. The highest BCUT2D eigenvalue weighted by molar-refractivity contribution is 5.84. The van der Waals surface area contributed by atoms with E-state index in [-0.39, 0.29) is 30.1 Å². The first-order valence-electron chi connectivity index (χ1n) is 7.95. The quantitative estimate of drug-likeness (QED) is 0.927. The highest BCUT2D eigenvalue weighted by Gasteiger charge is 2.32. The number of carbonyl (C=O) groups excluding carboxylic acids is 2. The lowest BCUT2D eigenvalue weighted by molar-refractivity contribution is -0.139. The molecule has 1 aliphatic carbocycles. The molecule has 1 aromatic rings. The topological polar surface area (TPSA) is 49.4 Å². The third-order valence-electron chi connectivity index (χ3n) is 4.64. The summed E-state index contributed by atoms with van der Waals surface area (Å²) in [6.45, 7) is 0.616. The first kappa shape index (κ1) is 15.0. The summed E-state index contributed by atoms with van der Waals surface area (Å²) in [7, 11) is 0. The maximum Gasteiger partial charge on any atom is 0.225 e. The monoisotopic (exact) mass is 304 g/mol. The summed E-state index contributed by atoms with van der Waals surface area (Å²) < 4.78 is 13.7. The fraction of sp³-hybridized carbons (Fsp3) is 0.529. The van der Waals surface area contributed by atoms with Gasteiger partial charge in [-0.1, -0.05) is 18.2 Å². The number of likely N-dealkylation sites (tertiary alicyclic amines) is 1. The van der Waals surface area contributed by atoms with E-state index >= 15 is 0 Å². The summed E-state index contributed by atoms with van der Waals surface area (Å²) >= 11 is 0. The van der Waals surface area contributed by atoms with E-state index in [2.05, 4.69) is 5.32 Å². The van der Waals surface area contributed by atoms with Crippen molar-refractivity contribution >= 4 is 11.8 Å². The highest BCUT2D eigenvalue weighted by atomic mass is 19.1. The van der Waals surface area contributed by atoms with E-state index in [1.54, 1.807) is 23.1 Å². The number of amides is 2. The molecule has 2 amide bonds. The number of halogens is 1. The zero-order valence-electron chi connectivity index (χ0n) is 12.6. The van der Waals surface area contributed by atoms with Gasteiger partial charge in [0.05, 0.1) is 5.92 Å². The van der Waals surface area contributed by atoms with Crippen molar-refractivity contribution in [3.63, 3.8) is 0 Å². The molecular formula is C17H21FN2O2. The molecule has 0 spiro atoms. The second-order valence-corrected chi connectivity index (χ2v) is 6.24. The SMILES string of the molecule is O=C(NC1CCC1)[C@H]1CCC(=O)N(Cc2ccccc2F)C1. The highest BCUT2D eigenvalue weighted by Crippen LogP contribution is 2.23. The largest absolute Gasteiger partial charge is 0.353 e. The summed E-state index contributed by atoms with van der Waals surface area (Å²) in [4.78, 5) is 25.9. The molecule has 1 saturated carbocycles. The standard InChI is InChI=1S/C17H21FN2O2/c18-15-7-2-1-4-12(15)10-20-11-13(8-9-16(20)21)17(22)19-14-5-3-6-14/h1-2,4,7,13-14H,3,5-6,8-11H2,(H,19,22)/t13-/m0/s1. The van der Waals surface area contributed by atoms with Gasteiger partial charge < -0.3 is 10.2 Å². The molecule has 0 radical (unpaired) electrons. The van der Waals surface area contributed by atoms with Gasteiger partial charge in [-0.3, -0.25) is 9.59 Å². The number of nitrogens with one attached hydrogen (secondary N) is 1. The van der Waals surface area contributed by atoms with Crippen molar-refractivity contribution in [3.8, 4) is 0 Å². The van der Waals surface area contributed by atoms with Crippen LogP contribution in [0.3, 0.4) is 0 Å². The van der Waals surface area contributed by atoms with Gasteiger partial charge in [-0.05, 0) is 31.7 Å². The van der Waals surface area contributed by atoms with E-state index in [1.165, 1.54) is 12.5 Å². The van der Waals surface area contributed by atoms with Crippen LogP contribution in [0, 0.1) is 11.7 Å². The van der Waals surface area contributed by atoms with Gasteiger partial charge in [0.15, 0.2) is 0 Å². The van der Waals surface area contributed by atoms with Crippen LogP contribution in [0.4, 0.5) is 4.39 Å². The van der Waals surface area contributed by atoms with Crippen molar-refractivity contribution in [2.24, 2.45) is 5.92 Å². The van der Waals surface area contributed by atoms with Gasteiger partial charge >= 0.3 is 0 Å². The average molecular weight is 304 g/mol. The van der Waals surface area contributed by atoms with Crippen LogP contribution in [0.1, 0.15) is 37.7 Å². The minimum Gasteiger partial charge on any atom is -0.353 e. The Kier molecular flexibility index (Phi) is 4.41. The predicted molar refractivity (Wildman–Crippen MR) is 80.3 cm³/mol. The van der Waals surface area contributed by atoms with Crippen molar-refractivity contribution in [2.75, 3.05) is 6.54 Å². The molecule has 1 saturated heterocycles. The third-order valence-corrected chi connectivity index (χ3v) is 4.64. The van der Waals surface area contributed by atoms with E-state index in [0.29, 0.717) is 31.0 Å². The number of benzene rings is 1. The second-order valence-electron chi connectivity index (χ2n) is 6.24. The van der Waals surface area contributed by atoms with Crippen LogP contribution >= 0.6 is 0 Å². The minimum atomic E-state index is -0.309. The van der Waals surface area contributed by atoms with Gasteiger partial charge in [-0.2, -0.15) is 0 Å². The van der Waals surface area contributed by atoms with Gasteiger partial charge in [-0.15, -0.1) is 0 Å². The minimum absolute atomic E-state index is 0.00375. The van der Waals surface area contributed by atoms with Crippen LogP contribution in [-0.2, 0) is 16.1 Å². The molecular weight excluding hydrogens is 283 g/mol. The van der Waals surface area contributed by atoms with Gasteiger partial charge in [-0.25, -0.2) is 4.39 Å². The van der Waals surface area contributed by atoms with E-state index in [9.17, 15) is 14.0 Å². The summed E-state index contributed by atoms with van der Waals surface area (Å²) in [5, 5.41) is 3.05. The summed E-state index contributed by atoms with van der Waals surface area (Å²) in [5.74, 6) is -0.451. The zero-order valence-corrected chi connectivity index (χ0v) is 12.6. The molecule has 4 nitrogen and oxygen atoms in total. The molecule has 0 aromatic heterocycles. The molecule has 1 N–H and O–H groups in total. The Morgan fingerprint density at radius 1 is 1.27 bits per heavy atom. The third kappa shape index (κ3) is 3.29. The van der Waals surface area contributed by atoms with Crippen LogP contribution in [-0.4, -0.2) is 29.3 Å². The Hall–Kier alpha value is -1.91. The Labute approximate surface area is 129 Å². The molecule has 1 heterocycles. The van der Waals surface area contributed by atoms with Crippen LogP contribution in [0.15, 0.2) is 24.3 Å². The maximum atomic E-state index is 13.7. The lowest BCUT2D eigenvalue weighted by Crippen LogP contribution is -2.49.